The van der Waals surface area contributed by atoms with Crippen molar-refractivity contribution in [1.82, 2.24) is 15.2 Å². The summed E-state index contributed by atoms with van der Waals surface area (Å²) in [5, 5.41) is 17.3. The highest BCUT2D eigenvalue weighted by molar-refractivity contribution is 8.01. The van der Waals surface area contributed by atoms with E-state index >= 15 is 0 Å². The lowest BCUT2D eigenvalue weighted by molar-refractivity contribution is -0.146. The molecule has 33 heavy (non-hydrogen) atoms. The van der Waals surface area contributed by atoms with E-state index in [1.165, 1.54) is 13.2 Å². The molecule has 176 valence electrons. The summed E-state index contributed by atoms with van der Waals surface area (Å²) in [4.78, 5) is 57.7. The number of esters is 1. The number of aromatic nitrogens is 1. The number of anilines is 1. The van der Waals surface area contributed by atoms with Crippen molar-refractivity contribution in [2.24, 2.45) is 5.16 Å². The number of nitrogens with one attached hydrogen (secondary N) is 1. The zero-order valence-electron chi connectivity index (χ0n) is 17.9. The lowest BCUT2D eigenvalue weighted by atomic mass is 9.97. The number of nitrogens with two attached hydrogens (primary N) is 1. The number of thiazole rings is 1. The van der Waals surface area contributed by atoms with Crippen LogP contribution in [0.3, 0.4) is 0 Å². The summed E-state index contributed by atoms with van der Waals surface area (Å²) >= 11 is 2.17. The molecule has 1 aromatic heterocycles. The molecule has 2 amide bonds. The standard InChI is InChI=1S/C19H21N5O7S2/c1-9(2)4-15(27)31-7-10-16(17(28)29)24-13(26)5-14(24)33-19(10,11-8-32-18(20)22-11)23-12(25)6-21-30-3/h4,6,8,14H,5,7H2,1-3H3,(H2,20,22)(H,23,25)(H,28,29)/b21-6+/t14-,19?/m1/s1. The zero-order valence-corrected chi connectivity index (χ0v) is 19.5. The molecule has 12 nitrogen and oxygen atoms in total. The van der Waals surface area contributed by atoms with E-state index in [0.717, 1.165) is 34.2 Å². The molecule has 2 aliphatic heterocycles. The Morgan fingerprint density at radius 2 is 2.18 bits per heavy atom. The van der Waals surface area contributed by atoms with Crippen LogP contribution in [0.5, 0.6) is 0 Å². The Morgan fingerprint density at radius 3 is 2.73 bits per heavy atom. The van der Waals surface area contributed by atoms with Crippen LogP contribution in [0.15, 0.2) is 33.5 Å². The maximum absolute atomic E-state index is 12.7. The first-order chi connectivity index (χ1) is 15.6. The number of carboxylic acids is 1. The van der Waals surface area contributed by atoms with E-state index in [0.29, 0.717) is 5.57 Å². The van der Waals surface area contributed by atoms with Crippen LogP contribution in [-0.4, -0.2) is 64.0 Å². The number of nitrogen functional groups attached to an aromatic ring is 1. The third kappa shape index (κ3) is 4.85. The van der Waals surface area contributed by atoms with Gasteiger partial charge in [0.1, 0.15) is 25.6 Å². The van der Waals surface area contributed by atoms with Crippen LogP contribution in [0.25, 0.3) is 0 Å². The molecule has 3 heterocycles. The van der Waals surface area contributed by atoms with Gasteiger partial charge in [0.2, 0.25) is 5.91 Å². The normalized spacial score (nSPS) is 21.8. The molecular weight excluding hydrogens is 474 g/mol. The number of ether oxygens (including phenoxy) is 1. The number of hydrogen-bond acceptors (Lipinski definition) is 11. The molecule has 3 rings (SSSR count). The maximum atomic E-state index is 12.7. The van der Waals surface area contributed by atoms with Gasteiger partial charge in [-0.3, -0.25) is 14.5 Å². The first-order valence-corrected chi connectivity index (χ1v) is 11.2. The van der Waals surface area contributed by atoms with Crippen molar-refractivity contribution >= 4 is 58.2 Å². The monoisotopic (exact) mass is 495 g/mol. The Bertz CT molecular complexity index is 1090. The number of carboxylic acid groups (broad SMARTS) is 1. The molecule has 0 radical (unpaired) electrons. The van der Waals surface area contributed by atoms with Crippen molar-refractivity contribution in [2.45, 2.75) is 30.5 Å². The van der Waals surface area contributed by atoms with Gasteiger partial charge in [0.05, 0.1) is 17.5 Å². The Morgan fingerprint density at radius 1 is 1.45 bits per heavy atom. The quantitative estimate of drug-likeness (QED) is 0.154. The lowest BCUT2D eigenvalue weighted by Crippen LogP contribution is -2.61. The predicted molar refractivity (Wildman–Crippen MR) is 120 cm³/mol. The number of amides is 2. The molecule has 0 aliphatic carbocycles. The molecule has 2 aliphatic rings. The fraction of sp³-hybridized carbons (Fsp3) is 0.368. The second-order valence-corrected chi connectivity index (χ2v) is 9.44. The van der Waals surface area contributed by atoms with Crippen LogP contribution in [0.2, 0.25) is 0 Å². The smallest absolute Gasteiger partial charge is 0.352 e. The van der Waals surface area contributed by atoms with Gasteiger partial charge in [0, 0.05) is 17.0 Å². The van der Waals surface area contributed by atoms with Gasteiger partial charge in [-0.15, -0.1) is 11.3 Å². The van der Waals surface area contributed by atoms with Crippen molar-refractivity contribution in [3.05, 3.63) is 34.0 Å². The van der Waals surface area contributed by atoms with Gasteiger partial charge in [0.25, 0.3) is 5.91 Å². The number of thioether (sulfide) groups is 1. The van der Waals surface area contributed by atoms with Crippen LogP contribution in [-0.2, 0) is 33.6 Å². The first kappa shape index (κ1) is 24.3. The van der Waals surface area contributed by atoms with E-state index in [1.54, 1.807) is 19.2 Å². The van der Waals surface area contributed by atoms with Crippen LogP contribution in [0.1, 0.15) is 26.0 Å². The van der Waals surface area contributed by atoms with Gasteiger partial charge in [-0.1, -0.05) is 22.5 Å². The molecule has 0 saturated carbocycles. The molecule has 14 heteroatoms. The van der Waals surface area contributed by atoms with Gasteiger partial charge in [-0.2, -0.15) is 0 Å². The Hall–Kier alpha value is -3.39. The van der Waals surface area contributed by atoms with Crippen molar-refractivity contribution in [3.8, 4) is 0 Å². The number of rotatable bonds is 8. The van der Waals surface area contributed by atoms with Gasteiger partial charge in [-0.05, 0) is 13.8 Å². The van der Waals surface area contributed by atoms with Gasteiger partial charge in [0.15, 0.2) is 10.0 Å². The maximum Gasteiger partial charge on any atom is 0.352 e. The van der Waals surface area contributed by atoms with Gasteiger partial charge >= 0.3 is 11.9 Å². The van der Waals surface area contributed by atoms with E-state index < -0.39 is 46.3 Å². The minimum Gasteiger partial charge on any atom is -0.477 e. The number of aliphatic carboxylic acids is 1. The third-order valence-corrected chi connectivity index (χ3v) is 6.83. The topological polar surface area (TPSA) is 174 Å². The lowest BCUT2D eigenvalue weighted by Gasteiger charge is -2.51. The molecule has 0 bridgehead atoms. The highest BCUT2D eigenvalue weighted by Gasteiger charge is 2.57. The molecule has 1 fully saturated rings. The number of fused-ring (bicyclic) bond motifs is 1. The predicted octanol–water partition coefficient (Wildman–Crippen LogP) is 0.780. The van der Waals surface area contributed by atoms with E-state index in [-0.39, 0.29) is 22.8 Å². The number of allylic oxidation sites excluding steroid dienone is 1. The summed E-state index contributed by atoms with van der Waals surface area (Å²) < 4.78 is 5.31. The summed E-state index contributed by atoms with van der Waals surface area (Å²) in [6.07, 6.45) is 2.15. The third-order valence-electron chi connectivity index (χ3n) is 4.60. The fourth-order valence-corrected chi connectivity index (χ4v) is 5.63. The Balaban J connectivity index is 2.19. The first-order valence-electron chi connectivity index (χ1n) is 9.47. The summed E-state index contributed by atoms with van der Waals surface area (Å²) in [5.74, 6) is -3.27. The Labute approximate surface area is 196 Å². The SMILES string of the molecule is CO/N=C/C(=O)NC1(c2csc(N)n2)S[C@@H]2CC(=O)N2C(C(=O)O)=C1COC(=O)C=C(C)C. The highest BCUT2D eigenvalue weighted by Crippen LogP contribution is 2.54. The van der Waals surface area contributed by atoms with Crippen molar-refractivity contribution in [2.75, 3.05) is 19.5 Å². The second kappa shape index (κ2) is 9.62. The number of oxime groups is 1. The molecule has 1 aromatic rings. The van der Waals surface area contributed by atoms with E-state index in [1.807, 2.05) is 0 Å². The largest absolute Gasteiger partial charge is 0.477 e. The van der Waals surface area contributed by atoms with Gasteiger partial charge < -0.3 is 25.7 Å². The summed E-state index contributed by atoms with van der Waals surface area (Å²) in [6.45, 7) is 2.86. The number of hydrogen-bond donors (Lipinski definition) is 3. The molecular formula is C19H21N5O7S2. The minimum absolute atomic E-state index is 0.0513. The average molecular weight is 496 g/mol. The average Bonchev–Trinajstić information content (AvgIpc) is 3.16. The molecule has 4 N–H and O–H groups in total. The van der Waals surface area contributed by atoms with E-state index in [9.17, 15) is 24.3 Å². The summed E-state index contributed by atoms with van der Waals surface area (Å²) in [5.41, 5.74) is 6.27. The van der Waals surface area contributed by atoms with Crippen LogP contribution >= 0.6 is 23.1 Å². The molecule has 1 unspecified atom stereocenters. The minimum atomic E-state index is -1.61. The highest BCUT2D eigenvalue weighted by atomic mass is 32.2. The number of carbonyl (C=O) groups excluding carboxylic acids is 3. The number of nitrogens with zero attached hydrogens (tertiary/aromatic N) is 3. The van der Waals surface area contributed by atoms with Crippen molar-refractivity contribution in [3.63, 3.8) is 0 Å². The fourth-order valence-electron chi connectivity index (χ4n) is 3.30. The van der Waals surface area contributed by atoms with Crippen molar-refractivity contribution in [1.29, 1.82) is 0 Å². The zero-order chi connectivity index (χ0) is 24.3. The van der Waals surface area contributed by atoms with Crippen LogP contribution < -0.4 is 11.1 Å². The summed E-state index contributed by atoms with van der Waals surface area (Å²) in [7, 11) is 1.25. The second-order valence-electron chi connectivity index (χ2n) is 7.16. The Kier molecular flexibility index (Phi) is 7.07. The van der Waals surface area contributed by atoms with E-state index in [2.05, 4.69) is 20.3 Å². The molecule has 0 aromatic carbocycles. The van der Waals surface area contributed by atoms with Crippen LogP contribution in [0, 0.1) is 0 Å². The number of β-lactam (4-membered cyclic amide) rings is 1. The summed E-state index contributed by atoms with van der Waals surface area (Å²) in [6, 6.07) is 0. The van der Waals surface area contributed by atoms with Crippen molar-refractivity contribution < 1.29 is 33.9 Å². The van der Waals surface area contributed by atoms with Crippen LogP contribution in [0.4, 0.5) is 5.13 Å². The van der Waals surface area contributed by atoms with E-state index in [4.69, 9.17) is 10.5 Å². The molecule has 0 spiro atoms. The molecule has 1 saturated heterocycles. The number of carbonyl (C=O) groups is 4. The van der Waals surface area contributed by atoms with Gasteiger partial charge in [-0.25, -0.2) is 14.6 Å². The molecule has 2 atom stereocenters.